The minimum atomic E-state index is -1.85. The predicted octanol–water partition coefficient (Wildman–Crippen LogP) is 12.7. The fourth-order valence-electron chi connectivity index (χ4n) is 9.37. The van der Waals surface area contributed by atoms with Gasteiger partial charge in [0.05, 0.1) is 13.8 Å². The van der Waals surface area contributed by atoms with Crippen LogP contribution in [0.1, 0.15) is 0 Å². The van der Waals surface area contributed by atoms with Gasteiger partial charge in [0.2, 0.25) is 0 Å². The second-order valence-corrected chi connectivity index (χ2v) is 22.0. The van der Waals surface area contributed by atoms with E-state index in [0.29, 0.717) is 0 Å². The summed E-state index contributed by atoms with van der Waals surface area (Å²) in [4.78, 5) is 7.24. The van der Waals surface area contributed by atoms with Crippen molar-refractivity contribution in [1.82, 2.24) is 0 Å². The largest absolute Gasteiger partial charge is 0.458 e. The molecule has 0 saturated heterocycles. The molecule has 2 aliphatic rings. The number of para-hydroxylation sites is 5. The molecule has 0 N–H and O–H groups in total. The molecule has 0 saturated carbocycles. The van der Waals surface area contributed by atoms with Crippen LogP contribution in [0.4, 0.5) is 51.2 Å². The highest BCUT2D eigenvalue weighted by molar-refractivity contribution is 7.01. The third kappa shape index (κ3) is 6.30. The van der Waals surface area contributed by atoms with Crippen LogP contribution in [-0.2, 0) is 0 Å². The quantitative estimate of drug-likeness (QED) is 0.142. The number of rotatable bonds is 8. The van der Waals surface area contributed by atoms with Crippen molar-refractivity contribution in [2.75, 3.05) is 14.7 Å². The van der Waals surface area contributed by atoms with Crippen LogP contribution in [0.15, 0.2) is 212 Å². The van der Waals surface area contributed by atoms with E-state index in [-0.39, 0.29) is 6.71 Å². The Labute approximate surface area is 359 Å². The normalized spacial score (nSPS) is 12.6. The summed E-state index contributed by atoms with van der Waals surface area (Å²) in [5, 5.41) is 3.76. The molecule has 9 aromatic rings. The minimum absolute atomic E-state index is 0.0869. The first-order valence-corrected chi connectivity index (χ1v) is 24.6. The van der Waals surface area contributed by atoms with Crippen molar-refractivity contribution >= 4 is 98.3 Å². The first kappa shape index (κ1) is 36.8. The molecule has 0 radical (unpaired) electrons. The Balaban J connectivity index is 1.22. The molecule has 0 spiro atoms. The highest BCUT2D eigenvalue weighted by Gasteiger charge is 2.44. The van der Waals surface area contributed by atoms with Crippen molar-refractivity contribution in [3.05, 3.63) is 212 Å². The number of benzene rings is 9. The van der Waals surface area contributed by atoms with Crippen molar-refractivity contribution < 1.29 is 4.74 Å². The van der Waals surface area contributed by atoms with Gasteiger partial charge < -0.3 is 19.4 Å². The van der Waals surface area contributed by atoms with Crippen LogP contribution in [0, 0.1) is 0 Å². The van der Waals surface area contributed by atoms with Crippen molar-refractivity contribution in [3.63, 3.8) is 0 Å². The van der Waals surface area contributed by atoms with E-state index in [1.54, 1.807) is 0 Å². The zero-order valence-electron chi connectivity index (χ0n) is 34.5. The highest BCUT2D eigenvalue weighted by Crippen LogP contribution is 2.47. The average Bonchev–Trinajstić information content (AvgIpc) is 3.30. The van der Waals surface area contributed by atoms with E-state index in [2.05, 4.69) is 247 Å². The van der Waals surface area contributed by atoms with Gasteiger partial charge >= 0.3 is 0 Å². The fraction of sp³-hybridized carbons (Fsp3) is 0.0545. The Morgan fingerprint density at radius 2 is 0.918 bits per heavy atom. The molecule has 9 aromatic carbocycles. The molecule has 2 aliphatic heterocycles. The van der Waals surface area contributed by atoms with Crippen LogP contribution in [0.3, 0.4) is 0 Å². The number of nitrogens with zero attached hydrogens (tertiary/aromatic N) is 3. The van der Waals surface area contributed by atoms with Crippen LogP contribution >= 0.6 is 0 Å². The minimum Gasteiger partial charge on any atom is -0.458 e. The van der Waals surface area contributed by atoms with Crippen molar-refractivity contribution in [2.45, 2.75) is 19.6 Å². The number of hydrogen-bond acceptors (Lipinski definition) is 4. The number of fused-ring (bicyclic) bond motifs is 6. The molecule has 11 rings (SSSR count). The number of ether oxygens (including phenoxy) is 1. The van der Waals surface area contributed by atoms with E-state index in [9.17, 15) is 0 Å². The van der Waals surface area contributed by atoms with Crippen LogP contribution in [0.5, 0.6) is 11.5 Å². The fourth-order valence-corrected chi connectivity index (χ4v) is 10.5. The maximum atomic E-state index is 7.27. The SMILES string of the molecule is C[Si](C)(C)c1cc2c3c(c1)N(c1ccccc1)c1cc(N(c4ccccc4)c4ccccc4)c4ccccc4c1B3c1ccc(N(c3ccccc3)c3ccccc3)cc1O2. The van der Waals surface area contributed by atoms with E-state index in [0.717, 1.165) is 56.8 Å². The molecule has 0 bridgehead atoms. The molecule has 0 aromatic heterocycles. The Morgan fingerprint density at radius 3 is 1.48 bits per heavy atom. The van der Waals surface area contributed by atoms with Crippen molar-refractivity contribution in [1.29, 1.82) is 0 Å². The summed E-state index contributed by atoms with van der Waals surface area (Å²) in [7, 11) is -1.85. The first-order chi connectivity index (χ1) is 29.9. The van der Waals surface area contributed by atoms with E-state index >= 15 is 0 Å². The molecule has 0 aliphatic carbocycles. The maximum absolute atomic E-state index is 7.27. The molecule has 0 fully saturated rings. The van der Waals surface area contributed by atoms with E-state index in [1.165, 1.54) is 38.3 Å². The topological polar surface area (TPSA) is 19.0 Å². The lowest BCUT2D eigenvalue weighted by Gasteiger charge is -2.42. The molecule has 2 heterocycles. The molecule has 61 heavy (non-hydrogen) atoms. The van der Waals surface area contributed by atoms with Crippen LogP contribution < -0.4 is 41.0 Å². The summed E-state index contributed by atoms with van der Waals surface area (Å²) >= 11 is 0. The van der Waals surface area contributed by atoms with Gasteiger partial charge in [-0.15, -0.1) is 0 Å². The van der Waals surface area contributed by atoms with Gasteiger partial charge in [-0.1, -0.05) is 146 Å². The molecule has 6 heteroatoms. The molecule has 0 atom stereocenters. The molecular weight excluding hydrogens is 758 g/mol. The van der Waals surface area contributed by atoms with Gasteiger partial charge in [-0.3, -0.25) is 0 Å². The number of anilines is 9. The van der Waals surface area contributed by atoms with E-state index in [4.69, 9.17) is 4.74 Å². The highest BCUT2D eigenvalue weighted by atomic mass is 28.3. The summed E-state index contributed by atoms with van der Waals surface area (Å²) in [5.41, 5.74) is 13.7. The van der Waals surface area contributed by atoms with Gasteiger partial charge in [-0.25, -0.2) is 0 Å². The van der Waals surface area contributed by atoms with E-state index in [1.807, 2.05) is 0 Å². The monoisotopic (exact) mass is 801 g/mol. The smallest absolute Gasteiger partial charge is 0.257 e. The van der Waals surface area contributed by atoms with Gasteiger partial charge in [0, 0.05) is 57.0 Å². The zero-order valence-corrected chi connectivity index (χ0v) is 35.5. The van der Waals surface area contributed by atoms with Crippen molar-refractivity contribution in [3.8, 4) is 11.5 Å². The lowest BCUT2D eigenvalue weighted by Crippen LogP contribution is -2.60. The lowest BCUT2D eigenvalue weighted by atomic mass is 9.33. The van der Waals surface area contributed by atoms with Gasteiger partial charge in [0.15, 0.2) is 0 Å². The Hall–Kier alpha value is -7.28. The standard InChI is InChI=1S/C55H44BN3OSi/c1-61(2,3)45-36-50-55-53(37-45)60-52-35-44(57(39-21-9-4-10-22-39)40-23-11-5-12-24-40)33-34-48(52)56(55)54-47-32-20-19-31-46(47)49(38-51(54)59(50)43-29-17-8-18-30-43)58(41-25-13-6-14-26-41)42-27-15-7-16-28-42/h4-38H,1-3H3. The number of hydrogen-bond donors (Lipinski definition) is 0. The third-order valence-corrected chi connectivity index (χ3v) is 14.2. The molecule has 0 amide bonds. The second kappa shape index (κ2) is 14.8. The Bertz CT molecular complexity index is 2970. The summed E-state index contributed by atoms with van der Waals surface area (Å²) in [6.07, 6.45) is 0. The van der Waals surface area contributed by atoms with Gasteiger partial charge in [-0.2, -0.15) is 0 Å². The van der Waals surface area contributed by atoms with Crippen molar-refractivity contribution in [2.24, 2.45) is 0 Å². The second-order valence-electron chi connectivity index (χ2n) is 17.0. The van der Waals surface area contributed by atoms with Crippen LogP contribution in [-0.4, -0.2) is 14.8 Å². The lowest BCUT2D eigenvalue weighted by molar-refractivity contribution is 0.488. The first-order valence-electron chi connectivity index (χ1n) is 21.1. The summed E-state index contributed by atoms with van der Waals surface area (Å²) < 4.78 is 7.27. The maximum Gasteiger partial charge on any atom is 0.257 e. The summed E-state index contributed by atoms with van der Waals surface area (Å²) in [6.45, 7) is 7.20. The summed E-state index contributed by atoms with van der Waals surface area (Å²) in [6, 6.07) is 76.7. The van der Waals surface area contributed by atoms with Crippen LogP contribution in [0.25, 0.3) is 10.8 Å². The van der Waals surface area contributed by atoms with Gasteiger partial charge in [0.25, 0.3) is 6.71 Å². The Kier molecular flexibility index (Phi) is 8.90. The molecule has 0 unspecified atom stereocenters. The molecule has 292 valence electrons. The third-order valence-electron chi connectivity index (χ3n) is 12.2. The molecule has 4 nitrogen and oxygen atoms in total. The zero-order chi connectivity index (χ0) is 41.1. The van der Waals surface area contributed by atoms with E-state index < -0.39 is 8.07 Å². The molecular formula is C55H44BN3OSi. The Morgan fingerprint density at radius 1 is 0.426 bits per heavy atom. The van der Waals surface area contributed by atoms with Gasteiger partial charge in [-0.05, 0) is 107 Å². The predicted molar refractivity (Wildman–Crippen MR) is 262 cm³/mol. The summed E-state index contributed by atoms with van der Waals surface area (Å²) in [5.74, 6) is 1.82. The van der Waals surface area contributed by atoms with Gasteiger partial charge in [0.1, 0.15) is 11.5 Å². The average molecular weight is 802 g/mol. The van der Waals surface area contributed by atoms with Crippen LogP contribution in [0.2, 0.25) is 19.6 Å².